The predicted octanol–water partition coefficient (Wildman–Crippen LogP) is 3.96. The van der Waals surface area contributed by atoms with Crippen molar-refractivity contribution in [1.82, 2.24) is 0 Å². The monoisotopic (exact) mass is 389 g/mol. The molecule has 0 aliphatic heterocycles. The van der Waals surface area contributed by atoms with Gasteiger partial charge in [-0.1, -0.05) is 39.7 Å². The zero-order valence-corrected chi connectivity index (χ0v) is 14.2. The fraction of sp³-hybridized carbons (Fsp3) is 0.143. The van der Waals surface area contributed by atoms with Crippen LogP contribution in [0.15, 0.2) is 51.8 Å². The van der Waals surface area contributed by atoms with Crippen LogP contribution in [0.1, 0.15) is 18.6 Å². The molecule has 1 unspecified atom stereocenters. The summed E-state index contributed by atoms with van der Waals surface area (Å²) in [5.74, 6) is 0. The van der Waals surface area contributed by atoms with Crippen molar-refractivity contribution in [2.75, 3.05) is 4.72 Å². The molecule has 0 spiro atoms. The molecule has 0 aromatic heterocycles. The van der Waals surface area contributed by atoms with Crippen molar-refractivity contribution < 1.29 is 13.5 Å². The highest BCUT2D eigenvalue weighted by Crippen LogP contribution is 2.28. The average molecular weight is 391 g/mol. The summed E-state index contributed by atoms with van der Waals surface area (Å²) < 4.78 is 27.8. The van der Waals surface area contributed by atoms with Gasteiger partial charge < -0.3 is 5.11 Å². The lowest BCUT2D eigenvalue weighted by atomic mass is 10.1. The van der Waals surface area contributed by atoms with Gasteiger partial charge in [0.15, 0.2) is 0 Å². The van der Waals surface area contributed by atoms with E-state index in [4.69, 9.17) is 11.6 Å². The highest BCUT2D eigenvalue weighted by molar-refractivity contribution is 9.10. The molecule has 4 nitrogen and oxygen atoms in total. The van der Waals surface area contributed by atoms with Crippen molar-refractivity contribution in [3.63, 3.8) is 0 Å². The summed E-state index contributed by atoms with van der Waals surface area (Å²) in [5, 5.41) is 9.74. The van der Waals surface area contributed by atoms with Crippen LogP contribution in [0.2, 0.25) is 5.02 Å². The molecule has 21 heavy (non-hydrogen) atoms. The first-order valence-electron chi connectivity index (χ1n) is 6.05. The van der Waals surface area contributed by atoms with Gasteiger partial charge in [0.25, 0.3) is 10.0 Å². The SMILES string of the molecule is CC(O)c1ccc(S(=O)(=O)Nc2cc(Br)ccc2Cl)cc1. The van der Waals surface area contributed by atoms with Gasteiger partial charge in [-0.3, -0.25) is 4.72 Å². The quantitative estimate of drug-likeness (QED) is 0.830. The second-order valence-electron chi connectivity index (χ2n) is 4.47. The van der Waals surface area contributed by atoms with Crippen molar-refractivity contribution in [2.45, 2.75) is 17.9 Å². The molecule has 2 rings (SSSR count). The molecule has 0 bridgehead atoms. The van der Waals surface area contributed by atoms with Gasteiger partial charge in [-0.2, -0.15) is 0 Å². The van der Waals surface area contributed by atoms with Crippen molar-refractivity contribution >= 4 is 43.2 Å². The molecule has 0 aliphatic rings. The first kappa shape index (κ1) is 16.3. The first-order chi connectivity index (χ1) is 9.79. The van der Waals surface area contributed by atoms with Crippen LogP contribution in [0.4, 0.5) is 5.69 Å². The Bertz CT molecular complexity index is 745. The third-order valence-electron chi connectivity index (χ3n) is 2.85. The van der Waals surface area contributed by atoms with Crippen molar-refractivity contribution in [3.05, 3.63) is 57.5 Å². The van der Waals surface area contributed by atoms with E-state index in [0.29, 0.717) is 20.7 Å². The van der Waals surface area contributed by atoms with Crippen LogP contribution in [0.3, 0.4) is 0 Å². The van der Waals surface area contributed by atoms with Gasteiger partial charge in [-0.05, 0) is 42.8 Å². The van der Waals surface area contributed by atoms with E-state index in [1.54, 1.807) is 37.3 Å². The zero-order valence-electron chi connectivity index (χ0n) is 11.0. The van der Waals surface area contributed by atoms with Gasteiger partial charge in [0.1, 0.15) is 0 Å². The van der Waals surface area contributed by atoms with E-state index < -0.39 is 16.1 Å². The molecule has 0 aliphatic carbocycles. The molecule has 0 radical (unpaired) electrons. The minimum atomic E-state index is -3.73. The second kappa shape index (κ2) is 6.36. The molecular weight excluding hydrogens is 378 g/mol. The summed E-state index contributed by atoms with van der Waals surface area (Å²) >= 11 is 9.24. The fourth-order valence-electron chi connectivity index (χ4n) is 1.70. The van der Waals surface area contributed by atoms with Crippen molar-refractivity contribution in [3.8, 4) is 0 Å². The lowest BCUT2D eigenvalue weighted by Gasteiger charge is -2.11. The molecule has 112 valence electrons. The number of aliphatic hydroxyl groups excluding tert-OH is 1. The molecule has 0 saturated heterocycles. The highest BCUT2D eigenvalue weighted by Gasteiger charge is 2.16. The first-order valence-corrected chi connectivity index (χ1v) is 8.71. The average Bonchev–Trinajstić information content (AvgIpc) is 2.43. The summed E-state index contributed by atoms with van der Waals surface area (Å²) in [6.07, 6.45) is -0.644. The molecule has 0 heterocycles. The third kappa shape index (κ3) is 3.97. The number of benzene rings is 2. The molecule has 0 fully saturated rings. The van der Waals surface area contributed by atoms with Crippen molar-refractivity contribution in [2.24, 2.45) is 0 Å². The molecular formula is C14H13BrClNO3S. The maximum absolute atomic E-state index is 12.3. The highest BCUT2D eigenvalue weighted by atomic mass is 79.9. The molecule has 0 amide bonds. The lowest BCUT2D eigenvalue weighted by Crippen LogP contribution is -2.13. The Balaban J connectivity index is 2.31. The molecule has 1 atom stereocenters. The largest absolute Gasteiger partial charge is 0.389 e. The van der Waals surface area contributed by atoms with Crippen LogP contribution in [0, 0.1) is 0 Å². The normalized spacial score (nSPS) is 13.0. The van der Waals surface area contributed by atoms with Gasteiger partial charge in [0.2, 0.25) is 0 Å². The Labute approximate surface area is 136 Å². The van der Waals surface area contributed by atoms with Crippen molar-refractivity contribution in [1.29, 1.82) is 0 Å². The topological polar surface area (TPSA) is 66.4 Å². The maximum Gasteiger partial charge on any atom is 0.261 e. The minimum Gasteiger partial charge on any atom is -0.389 e. The summed E-state index contributed by atoms with van der Waals surface area (Å²) in [6.45, 7) is 1.61. The standard InChI is InChI=1S/C14H13BrClNO3S/c1-9(18)10-2-5-12(6-3-10)21(19,20)17-14-8-11(15)4-7-13(14)16/h2-9,17-18H,1H3. The molecule has 7 heteroatoms. The molecule has 0 saturated carbocycles. The smallest absolute Gasteiger partial charge is 0.261 e. The van der Waals surface area contributed by atoms with Gasteiger partial charge in [0.05, 0.1) is 21.7 Å². The van der Waals surface area contributed by atoms with E-state index in [2.05, 4.69) is 20.7 Å². The van der Waals surface area contributed by atoms with Crippen LogP contribution in [-0.2, 0) is 10.0 Å². The van der Waals surface area contributed by atoms with Gasteiger partial charge >= 0.3 is 0 Å². The Hall–Kier alpha value is -1.08. The summed E-state index contributed by atoms with van der Waals surface area (Å²) in [4.78, 5) is 0.0999. The Kier molecular flexibility index (Phi) is 4.93. The van der Waals surface area contributed by atoms with Crippen LogP contribution in [0.25, 0.3) is 0 Å². The number of anilines is 1. The van der Waals surface area contributed by atoms with E-state index in [-0.39, 0.29) is 4.90 Å². The Morgan fingerprint density at radius 3 is 2.38 bits per heavy atom. The van der Waals surface area contributed by atoms with Gasteiger partial charge in [-0.25, -0.2) is 8.42 Å². The van der Waals surface area contributed by atoms with Gasteiger partial charge in [0, 0.05) is 4.47 Å². The van der Waals surface area contributed by atoms with E-state index in [1.807, 2.05) is 0 Å². The Morgan fingerprint density at radius 1 is 1.19 bits per heavy atom. The van der Waals surface area contributed by atoms with Crippen LogP contribution < -0.4 is 4.72 Å². The van der Waals surface area contributed by atoms with Crippen LogP contribution in [-0.4, -0.2) is 13.5 Å². The summed E-state index contributed by atoms with van der Waals surface area (Å²) in [7, 11) is -3.73. The Morgan fingerprint density at radius 2 is 1.81 bits per heavy atom. The zero-order chi connectivity index (χ0) is 15.6. The molecule has 2 aromatic carbocycles. The second-order valence-corrected chi connectivity index (χ2v) is 7.48. The maximum atomic E-state index is 12.3. The number of sulfonamides is 1. The van der Waals surface area contributed by atoms with E-state index in [9.17, 15) is 13.5 Å². The van der Waals surface area contributed by atoms with Crippen LogP contribution >= 0.6 is 27.5 Å². The number of rotatable bonds is 4. The minimum absolute atomic E-state index is 0.0999. The van der Waals surface area contributed by atoms with E-state index >= 15 is 0 Å². The number of hydrogen-bond donors (Lipinski definition) is 2. The predicted molar refractivity (Wildman–Crippen MR) is 87.0 cm³/mol. The van der Waals surface area contributed by atoms with E-state index in [1.165, 1.54) is 12.1 Å². The molecule has 2 aromatic rings. The number of halogens is 2. The number of nitrogens with one attached hydrogen (secondary N) is 1. The summed E-state index contributed by atoms with van der Waals surface area (Å²) in [6, 6.07) is 10.9. The molecule has 2 N–H and O–H groups in total. The number of aliphatic hydroxyl groups is 1. The fourth-order valence-corrected chi connectivity index (χ4v) is 3.36. The third-order valence-corrected chi connectivity index (χ3v) is 5.05. The lowest BCUT2D eigenvalue weighted by molar-refractivity contribution is 0.199. The van der Waals surface area contributed by atoms with E-state index in [0.717, 1.165) is 0 Å². The number of hydrogen-bond acceptors (Lipinski definition) is 3. The summed E-state index contributed by atoms with van der Waals surface area (Å²) in [5.41, 5.74) is 0.945. The van der Waals surface area contributed by atoms with Gasteiger partial charge in [-0.15, -0.1) is 0 Å². The van der Waals surface area contributed by atoms with Crippen LogP contribution in [0.5, 0.6) is 0 Å².